The van der Waals surface area contributed by atoms with Crippen molar-refractivity contribution in [3.8, 4) is 17.2 Å². The van der Waals surface area contributed by atoms with E-state index in [-0.39, 0.29) is 36.4 Å². The predicted octanol–water partition coefficient (Wildman–Crippen LogP) is 5.25. The van der Waals surface area contributed by atoms with E-state index in [1.807, 2.05) is 44.2 Å². The Morgan fingerprint density at radius 2 is 1.78 bits per heavy atom. The molecule has 1 atom stereocenters. The number of hydrogen-bond donors (Lipinski definition) is 1. The molecule has 1 aliphatic carbocycles. The molecule has 0 radical (unpaired) electrons. The average molecular weight is 517 g/mol. The quantitative estimate of drug-likeness (QED) is 0.413. The zero-order valence-corrected chi connectivity index (χ0v) is 22.3. The first kappa shape index (κ1) is 27.7. The molecule has 1 N–H and O–H groups in total. The minimum absolute atomic E-state index is 0.0440. The largest absolute Gasteiger partial charge is 0.497 e. The van der Waals surface area contributed by atoms with Crippen molar-refractivity contribution in [2.24, 2.45) is 0 Å². The van der Waals surface area contributed by atoms with Crippen molar-refractivity contribution in [2.45, 2.75) is 70.7 Å². The van der Waals surface area contributed by atoms with Crippen LogP contribution in [0.1, 0.15) is 63.1 Å². The van der Waals surface area contributed by atoms with Gasteiger partial charge in [0.1, 0.15) is 17.7 Å². The number of carbonyl (C=O) groups is 2. The van der Waals surface area contributed by atoms with E-state index in [4.69, 9.17) is 25.8 Å². The van der Waals surface area contributed by atoms with Crippen LogP contribution >= 0.6 is 11.6 Å². The van der Waals surface area contributed by atoms with Gasteiger partial charge in [0, 0.05) is 12.6 Å². The van der Waals surface area contributed by atoms with Gasteiger partial charge in [0.2, 0.25) is 11.8 Å². The molecule has 0 aliphatic heterocycles. The maximum absolute atomic E-state index is 13.8. The fourth-order valence-electron chi connectivity index (χ4n) is 4.57. The molecule has 36 heavy (non-hydrogen) atoms. The van der Waals surface area contributed by atoms with Gasteiger partial charge in [-0.3, -0.25) is 9.59 Å². The van der Waals surface area contributed by atoms with Crippen LogP contribution in [-0.2, 0) is 16.1 Å². The number of nitrogens with zero attached hydrogens (tertiary/aromatic N) is 1. The molecule has 3 rings (SSSR count). The molecule has 0 aromatic heterocycles. The maximum atomic E-state index is 13.8. The molecule has 0 spiro atoms. The SMILES string of the molecule is COc1cccc(CN(C(=O)CCl)[C@@H](C(=O)NC2CCCCC2)c2ccc(OC(C)C)c(OC)c2)c1. The summed E-state index contributed by atoms with van der Waals surface area (Å²) in [6.07, 6.45) is 5.16. The van der Waals surface area contributed by atoms with Gasteiger partial charge in [-0.25, -0.2) is 0 Å². The van der Waals surface area contributed by atoms with Crippen LogP contribution in [0.25, 0.3) is 0 Å². The number of halogens is 1. The number of nitrogens with one attached hydrogen (secondary N) is 1. The Balaban J connectivity index is 2.03. The molecule has 7 nitrogen and oxygen atoms in total. The number of methoxy groups -OCH3 is 2. The van der Waals surface area contributed by atoms with E-state index >= 15 is 0 Å². The fraction of sp³-hybridized carbons (Fsp3) is 0.500. The predicted molar refractivity (Wildman–Crippen MR) is 141 cm³/mol. The van der Waals surface area contributed by atoms with Gasteiger partial charge < -0.3 is 24.4 Å². The lowest BCUT2D eigenvalue weighted by molar-refractivity contribution is -0.140. The van der Waals surface area contributed by atoms with Gasteiger partial charge >= 0.3 is 0 Å². The molecule has 0 saturated heterocycles. The molecular weight excluding hydrogens is 480 g/mol. The number of benzene rings is 2. The molecule has 2 aromatic rings. The Morgan fingerprint density at radius 1 is 1.03 bits per heavy atom. The van der Waals surface area contributed by atoms with E-state index in [1.54, 1.807) is 26.4 Å². The Morgan fingerprint density at radius 3 is 2.42 bits per heavy atom. The summed E-state index contributed by atoms with van der Waals surface area (Å²) < 4.78 is 16.8. The smallest absolute Gasteiger partial charge is 0.247 e. The van der Waals surface area contributed by atoms with Crippen molar-refractivity contribution in [3.63, 3.8) is 0 Å². The second kappa shape index (κ2) is 13.4. The van der Waals surface area contributed by atoms with Crippen molar-refractivity contribution in [3.05, 3.63) is 53.6 Å². The van der Waals surface area contributed by atoms with Gasteiger partial charge in [-0.15, -0.1) is 11.6 Å². The molecule has 0 heterocycles. The summed E-state index contributed by atoms with van der Waals surface area (Å²) in [5, 5.41) is 3.20. The molecule has 0 unspecified atom stereocenters. The Kier molecular flexibility index (Phi) is 10.3. The van der Waals surface area contributed by atoms with Gasteiger partial charge in [-0.05, 0) is 62.1 Å². The Labute approximate surface area is 219 Å². The molecule has 2 amide bonds. The third kappa shape index (κ3) is 7.29. The number of amides is 2. The third-order valence-corrected chi connectivity index (χ3v) is 6.53. The molecule has 1 saturated carbocycles. The minimum atomic E-state index is -0.897. The summed E-state index contributed by atoms with van der Waals surface area (Å²) in [7, 11) is 3.15. The van der Waals surface area contributed by atoms with Crippen molar-refractivity contribution in [1.29, 1.82) is 0 Å². The van der Waals surface area contributed by atoms with E-state index in [2.05, 4.69) is 5.32 Å². The number of rotatable bonds is 11. The first-order chi connectivity index (χ1) is 17.4. The topological polar surface area (TPSA) is 77.1 Å². The van der Waals surface area contributed by atoms with Gasteiger partial charge in [0.05, 0.1) is 20.3 Å². The monoisotopic (exact) mass is 516 g/mol. The van der Waals surface area contributed by atoms with Gasteiger partial charge in [0.25, 0.3) is 0 Å². The molecule has 1 fully saturated rings. The van der Waals surface area contributed by atoms with Crippen molar-refractivity contribution in [2.75, 3.05) is 20.1 Å². The summed E-state index contributed by atoms with van der Waals surface area (Å²) in [6.45, 7) is 4.06. The normalized spacial score (nSPS) is 14.7. The zero-order chi connectivity index (χ0) is 26.1. The van der Waals surface area contributed by atoms with Crippen molar-refractivity contribution < 1.29 is 23.8 Å². The van der Waals surface area contributed by atoms with E-state index < -0.39 is 6.04 Å². The van der Waals surface area contributed by atoms with Gasteiger partial charge in [-0.1, -0.05) is 37.5 Å². The van der Waals surface area contributed by atoms with E-state index in [0.29, 0.717) is 22.8 Å². The number of ether oxygens (including phenoxy) is 3. The van der Waals surface area contributed by atoms with Crippen molar-refractivity contribution >= 4 is 23.4 Å². The second-order valence-electron chi connectivity index (χ2n) is 9.33. The van der Waals surface area contributed by atoms with Crippen LogP contribution in [0.3, 0.4) is 0 Å². The standard InChI is InChI=1S/C28H37ClN2O5/c1-19(2)36-24-14-13-21(16-25(24)35-4)27(28(33)30-22-10-6-5-7-11-22)31(26(32)17-29)18-20-9-8-12-23(15-20)34-3/h8-9,12-16,19,22,27H,5-7,10-11,17-18H2,1-4H3,(H,30,33)/t27-/m1/s1. The van der Waals surface area contributed by atoms with Crippen LogP contribution in [0, 0.1) is 0 Å². The lowest BCUT2D eigenvalue weighted by atomic mass is 9.94. The van der Waals surface area contributed by atoms with Crippen LogP contribution in [-0.4, -0.2) is 49.0 Å². The van der Waals surface area contributed by atoms with Gasteiger partial charge in [-0.2, -0.15) is 0 Å². The first-order valence-electron chi connectivity index (χ1n) is 12.5. The highest BCUT2D eigenvalue weighted by atomic mass is 35.5. The first-order valence-corrected chi connectivity index (χ1v) is 13.0. The number of alkyl halides is 1. The summed E-state index contributed by atoms with van der Waals surface area (Å²) in [5.41, 5.74) is 1.45. The van der Waals surface area contributed by atoms with E-state index in [9.17, 15) is 9.59 Å². The summed E-state index contributed by atoms with van der Waals surface area (Å²) in [5.74, 6) is 0.920. The van der Waals surface area contributed by atoms with E-state index in [0.717, 1.165) is 31.2 Å². The molecular formula is C28H37ClN2O5. The molecule has 8 heteroatoms. The lowest BCUT2D eigenvalue weighted by Gasteiger charge is -2.33. The van der Waals surface area contributed by atoms with Crippen molar-refractivity contribution in [1.82, 2.24) is 10.2 Å². The Hall–Kier alpha value is -2.93. The lowest BCUT2D eigenvalue weighted by Crippen LogP contribution is -2.47. The van der Waals surface area contributed by atoms with E-state index in [1.165, 1.54) is 11.3 Å². The maximum Gasteiger partial charge on any atom is 0.247 e. The minimum Gasteiger partial charge on any atom is -0.497 e. The molecule has 196 valence electrons. The molecule has 1 aliphatic rings. The second-order valence-corrected chi connectivity index (χ2v) is 9.60. The van der Waals surface area contributed by atoms with Crippen LogP contribution < -0.4 is 19.5 Å². The average Bonchev–Trinajstić information content (AvgIpc) is 2.88. The Bertz CT molecular complexity index is 1020. The fourth-order valence-corrected chi connectivity index (χ4v) is 4.73. The molecule has 0 bridgehead atoms. The van der Waals surface area contributed by atoms with Crippen LogP contribution in [0.4, 0.5) is 0 Å². The highest BCUT2D eigenvalue weighted by Crippen LogP contribution is 2.34. The highest BCUT2D eigenvalue weighted by Gasteiger charge is 2.33. The number of hydrogen-bond acceptors (Lipinski definition) is 5. The summed E-state index contributed by atoms with van der Waals surface area (Å²) in [6, 6.07) is 12.0. The third-order valence-electron chi connectivity index (χ3n) is 6.30. The van der Waals surface area contributed by atoms with Crippen LogP contribution in [0.2, 0.25) is 0 Å². The molecule has 2 aromatic carbocycles. The van der Waals surface area contributed by atoms with Crippen LogP contribution in [0.5, 0.6) is 17.2 Å². The van der Waals surface area contributed by atoms with Crippen LogP contribution in [0.15, 0.2) is 42.5 Å². The number of carbonyl (C=O) groups excluding carboxylic acids is 2. The summed E-state index contributed by atoms with van der Waals surface area (Å²) >= 11 is 6.05. The van der Waals surface area contributed by atoms with Gasteiger partial charge in [0.15, 0.2) is 11.5 Å². The summed E-state index contributed by atoms with van der Waals surface area (Å²) in [4.78, 5) is 28.5. The zero-order valence-electron chi connectivity index (χ0n) is 21.6. The highest BCUT2D eigenvalue weighted by molar-refractivity contribution is 6.27.